The van der Waals surface area contributed by atoms with Crippen LogP contribution in [0.3, 0.4) is 0 Å². The van der Waals surface area contributed by atoms with Crippen LogP contribution in [0, 0.1) is 10.1 Å². The Kier molecular flexibility index (Phi) is 5.07. The number of non-ortho nitro benzene ring substituents is 1. The van der Waals surface area contributed by atoms with Crippen LogP contribution in [0.1, 0.15) is 31.7 Å². The second-order valence-electron chi connectivity index (χ2n) is 3.75. The van der Waals surface area contributed by atoms with Crippen LogP contribution < -0.4 is 0 Å². The highest BCUT2D eigenvalue weighted by atomic mass is 16.6. The van der Waals surface area contributed by atoms with E-state index in [4.69, 9.17) is 0 Å². The van der Waals surface area contributed by atoms with Crippen molar-refractivity contribution in [2.75, 3.05) is 0 Å². The summed E-state index contributed by atoms with van der Waals surface area (Å²) in [7, 11) is 0. The Labute approximate surface area is 100 Å². The lowest BCUT2D eigenvalue weighted by Gasteiger charge is -1.94. The summed E-state index contributed by atoms with van der Waals surface area (Å²) >= 11 is 0. The molecule has 0 N–H and O–H groups in total. The maximum Gasteiger partial charge on any atom is 0.269 e. The Morgan fingerprint density at radius 3 is 2.53 bits per heavy atom. The quantitative estimate of drug-likeness (QED) is 0.430. The Morgan fingerprint density at radius 2 is 2.00 bits per heavy atom. The predicted molar refractivity (Wildman–Crippen MR) is 66.7 cm³/mol. The molecule has 1 aromatic carbocycles. The van der Waals surface area contributed by atoms with Gasteiger partial charge in [0.25, 0.3) is 5.69 Å². The Balaban J connectivity index is 2.59. The third-order valence-electron chi connectivity index (χ3n) is 2.34. The molecular weight excluding hydrogens is 218 g/mol. The van der Waals surface area contributed by atoms with E-state index in [0.29, 0.717) is 6.42 Å². The lowest BCUT2D eigenvalue weighted by atomic mass is 10.1. The molecule has 0 radical (unpaired) electrons. The molecule has 0 bridgehead atoms. The Hall–Kier alpha value is -1.97. The molecule has 0 unspecified atom stereocenters. The number of rotatable bonds is 6. The molecule has 0 amide bonds. The van der Waals surface area contributed by atoms with Crippen molar-refractivity contribution in [3.05, 3.63) is 46.0 Å². The topological polar surface area (TPSA) is 60.2 Å². The van der Waals surface area contributed by atoms with E-state index in [-0.39, 0.29) is 11.5 Å². The minimum absolute atomic E-state index is 0.0551. The van der Waals surface area contributed by atoms with Crippen molar-refractivity contribution < 1.29 is 9.72 Å². The van der Waals surface area contributed by atoms with Crippen LogP contribution in [0.4, 0.5) is 5.69 Å². The average molecular weight is 233 g/mol. The van der Waals surface area contributed by atoms with Gasteiger partial charge in [-0.2, -0.15) is 0 Å². The SMILES string of the molecule is CCCCC(=O)/C=C/c1ccc([N+](=O)[O-])cc1. The lowest BCUT2D eigenvalue weighted by Crippen LogP contribution is -1.91. The number of unbranched alkanes of at least 4 members (excludes halogenated alkanes) is 1. The van der Waals surface area contributed by atoms with Crippen molar-refractivity contribution in [1.82, 2.24) is 0 Å². The second kappa shape index (κ2) is 6.58. The van der Waals surface area contributed by atoms with Gasteiger partial charge in [-0.25, -0.2) is 0 Å². The van der Waals surface area contributed by atoms with Gasteiger partial charge in [0.1, 0.15) is 0 Å². The fourth-order valence-electron chi connectivity index (χ4n) is 1.33. The summed E-state index contributed by atoms with van der Waals surface area (Å²) in [5.74, 6) is 0.0882. The first-order valence-electron chi connectivity index (χ1n) is 5.59. The molecule has 0 aliphatic heterocycles. The number of carbonyl (C=O) groups excluding carboxylic acids is 1. The van der Waals surface area contributed by atoms with Crippen molar-refractivity contribution in [2.45, 2.75) is 26.2 Å². The molecule has 90 valence electrons. The number of benzene rings is 1. The van der Waals surface area contributed by atoms with E-state index in [9.17, 15) is 14.9 Å². The molecule has 0 atom stereocenters. The third kappa shape index (κ3) is 4.59. The molecular formula is C13H15NO3. The van der Waals surface area contributed by atoms with Gasteiger partial charge in [0.05, 0.1) is 4.92 Å². The van der Waals surface area contributed by atoms with Crippen LogP contribution in [0.25, 0.3) is 6.08 Å². The van der Waals surface area contributed by atoms with Gasteiger partial charge in [-0.05, 0) is 30.2 Å². The van der Waals surface area contributed by atoms with E-state index in [1.807, 2.05) is 6.92 Å². The van der Waals surface area contributed by atoms with Crippen molar-refractivity contribution in [3.8, 4) is 0 Å². The number of nitro benzene ring substituents is 1. The third-order valence-corrected chi connectivity index (χ3v) is 2.34. The van der Waals surface area contributed by atoms with Crippen molar-refractivity contribution >= 4 is 17.5 Å². The van der Waals surface area contributed by atoms with Gasteiger partial charge in [0.2, 0.25) is 0 Å². The number of hydrogen-bond donors (Lipinski definition) is 0. The molecule has 0 aliphatic carbocycles. The van der Waals surface area contributed by atoms with Crippen LogP contribution in [0.2, 0.25) is 0 Å². The van der Waals surface area contributed by atoms with Gasteiger partial charge in [-0.3, -0.25) is 14.9 Å². The fraction of sp³-hybridized carbons (Fsp3) is 0.308. The van der Waals surface area contributed by atoms with E-state index in [1.54, 1.807) is 18.2 Å². The molecule has 0 aromatic heterocycles. The van der Waals surface area contributed by atoms with Crippen LogP contribution in [-0.2, 0) is 4.79 Å². The molecule has 1 aromatic rings. The van der Waals surface area contributed by atoms with Gasteiger partial charge in [-0.1, -0.05) is 19.4 Å². The van der Waals surface area contributed by atoms with Gasteiger partial charge >= 0.3 is 0 Å². The molecule has 0 saturated heterocycles. The summed E-state index contributed by atoms with van der Waals surface area (Å²) in [5.41, 5.74) is 0.847. The zero-order chi connectivity index (χ0) is 12.7. The highest BCUT2D eigenvalue weighted by molar-refractivity contribution is 5.93. The first kappa shape index (κ1) is 13.1. The average Bonchev–Trinajstić information content (AvgIpc) is 2.34. The van der Waals surface area contributed by atoms with Crippen molar-refractivity contribution in [3.63, 3.8) is 0 Å². The number of carbonyl (C=O) groups is 1. The maximum absolute atomic E-state index is 11.4. The molecule has 0 fully saturated rings. The van der Waals surface area contributed by atoms with Crippen molar-refractivity contribution in [2.24, 2.45) is 0 Å². The van der Waals surface area contributed by atoms with E-state index in [1.165, 1.54) is 18.2 Å². The number of allylic oxidation sites excluding steroid dienone is 1. The number of ketones is 1. The summed E-state index contributed by atoms with van der Waals surface area (Å²) in [6.07, 6.45) is 5.65. The first-order valence-corrected chi connectivity index (χ1v) is 5.59. The predicted octanol–water partition coefficient (Wildman–Crippen LogP) is 3.37. The Morgan fingerprint density at radius 1 is 1.35 bits per heavy atom. The van der Waals surface area contributed by atoms with E-state index < -0.39 is 4.92 Å². The lowest BCUT2D eigenvalue weighted by molar-refractivity contribution is -0.384. The summed E-state index contributed by atoms with van der Waals surface area (Å²) in [5, 5.41) is 10.4. The standard InChI is InChI=1S/C13H15NO3/c1-2-3-4-13(15)10-7-11-5-8-12(9-6-11)14(16)17/h5-10H,2-4H2,1H3/b10-7+. The van der Waals surface area contributed by atoms with E-state index in [2.05, 4.69) is 0 Å². The fourth-order valence-corrected chi connectivity index (χ4v) is 1.33. The molecule has 0 heterocycles. The van der Waals surface area contributed by atoms with Crippen LogP contribution in [0.15, 0.2) is 30.3 Å². The zero-order valence-corrected chi connectivity index (χ0v) is 9.76. The minimum Gasteiger partial charge on any atom is -0.295 e. The normalized spacial score (nSPS) is 10.6. The number of hydrogen-bond acceptors (Lipinski definition) is 3. The van der Waals surface area contributed by atoms with Crippen molar-refractivity contribution in [1.29, 1.82) is 0 Å². The smallest absolute Gasteiger partial charge is 0.269 e. The summed E-state index contributed by atoms with van der Waals surface area (Å²) < 4.78 is 0. The molecule has 4 nitrogen and oxygen atoms in total. The molecule has 4 heteroatoms. The first-order chi connectivity index (χ1) is 8.13. The Bertz CT molecular complexity index is 421. The van der Waals surface area contributed by atoms with Crippen LogP contribution in [-0.4, -0.2) is 10.7 Å². The summed E-state index contributed by atoms with van der Waals surface area (Å²) in [4.78, 5) is 21.3. The highest BCUT2D eigenvalue weighted by Crippen LogP contribution is 2.13. The maximum atomic E-state index is 11.4. The van der Waals surface area contributed by atoms with E-state index >= 15 is 0 Å². The largest absolute Gasteiger partial charge is 0.295 e. The van der Waals surface area contributed by atoms with Gasteiger partial charge < -0.3 is 0 Å². The molecule has 0 aliphatic rings. The van der Waals surface area contributed by atoms with Gasteiger partial charge in [0.15, 0.2) is 5.78 Å². The van der Waals surface area contributed by atoms with Crippen LogP contribution >= 0.6 is 0 Å². The summed E-state index contributed by atoms with van der Waals surface area (Å²) in [6.45, 7) is 2.04. The van der Waals surface area contributed by atoms with Gasteiger partial charge in [-0.15, -0.1) is 0 Å². The molecule has 0 saturated carbocycles. The minimum atomic E-state index is -0.445. The molecule has 17 heavy (non-hydrogen) atoms. The highest BCUT2D eigenvalue weighted by Gasteiger charge is 2.02. The second-order valence-corrected chi connectivity index (χ2v) is 3.75. The van der Waals surface area contributed by atoms with Crippen LogP contribution in [0.5, 0.6) is 0 Å². The van der Waals surface area contributed by atoms with Gasteiger partial charge in [0, 0.05) is 18.6 Å². The number of nitro groups is 1. The molecule has 0 spiro atoms. The number of nitrogens with zero attached hydrogens (tertiary/aromatic N) is 1. The zero-order valence-electron chi connectivity index (χ0n) is 9.76. The molecule has 1 rings (SSSR count). The summed E-state index contributed by atoms with van der Waals surface area (Å²) in [6, 6.07) is 6.11. The van der Waals surface area contributed by atoms with E-state index in [0.717, 1.165) is 18.4 Å². The monoisotopic (exact) mass is 233 g/mol.